The second kappa shape index (κ2) is 11.3. The van der Waals surface area contributed by atoms with Gasteiger partial charge in [0, 0.05) is 17.3 Å². The Morgan fingerprint density at radius 1 is 1.03 bits per heavy atom. The number of rotatable bonds is 11. The molecule has 2 heterocycles. The Morgan fingerprint density at radius 2 is 1.80 bits per heavy atom. The van der Waals surface area contributed by atoms with Crippen molar-refractivity contribution in [2.24, 2.45) is 0 Å². The van der Waals surface area contributed by atoms with Crippen LogP contribution in [-0.2, 0) is 9.53 Å². The van der Waals surface area contributed by atoms with Gasteiger partial charge in [0.2, 0.25) is 5.95 Å². The molecule has 0 saturated heterocycles. The van der Waals surface area contributed by atoms with Gasteiger partial charge in [-0.25, -0.2) is 9.78 Å². The number of allylic oxidation sites excluding steroid dienone is 1. The van der Waals surface area contributed by atoms with Crippen molar-refractivity contribution < 1.29 is 19.0 Å². The molecule has 2 aromatic carbocycles. The van der Waals surface area contributed by atoms with Crippen LogP contribution in [0.15, 0.2) is 53.7 Å². The molecule has 186 valence electrons. The van der Waals surface area contributed by atoms with Crippen LogP contribution in [0, 0.1) is 0 Å². The largest absolute Gasteiger partial charge is 0.497 e. The number of fused-ring (bicyclic) bond motifs is 3. The van der Waals surface area contributed by atoms with Gasteiger partial charge in [-0.1, -0.05) is 51.2 Å². The average Bonchev–Trinajstić information content (AvgIpc) is 3.24. The van der Waals surface area contributed by atoms with E-state index in [9.17, 15) is 4.79 Å². The lowest BCUT2D eigenvalue weighted by Crippen LogP contribution is -2.29. The molecule has 0 aliphatic carbocycles. The van der Waals surface area contributed by atoms with E-state index >= 15 is 0 Å². The fourth-order valence-electron chi connectivity index (χ4n) is 4.69. The number of nitrogens with one attached hydrogen (secondary N) is 1. The third-order valence-electron chi connectivity index (χ3n) is 6.52. The Kier molecular flexibility index (Phi) is 7.95. The second-order valence-electron chi connectivity index (χ2n) is 8.87. The van der Waals surface area contributed by atoms with Gasteiger partial charge >= 0.3 is 5.97 Å². The smallest absolute Gasteiger partial charge is 0.338 e. The summed E-state index contributed by atoms with van der Waals surface area (Å²) in [6.45, 7) is 4.51. The SMILES string of the molecule is CCCCCCCCOC(=O)C1=C(C)Nc2nc3ccccc3n2C1c1ccc(OC)cc1OC. The molecule has 3 aromatic rings. The molecule has 1 aromatic heterocycles. The number of imidazole rings is 1. The molecule has 1 unspecified atom stereocenters. The van der Waals surface area contributed by atoms with E-state index in [1.807, 2.05) is 54.0 Å². The minimum Gasteiger partial charge on any atom is -0.497 e. The number of hydrogen-bond acceptors (Lipinski definition) is 6. The van der Waals surface area contributed by atoms with Crippen LogP contribution in [0.2, 0.25) is 0 Å². The zero-order chi connectivity index (χ0) is 24.8. The summed E-state index contributed by atoms with van der Waals surface area (Å²) >= 11 is 0. The molecule has 0 radical (unpaired) electrons. The minimum absolute atomic E-state index is 0.324. The van der Waals surface area contributed by atoms with Gasteiger partial charge in [-0.15, -0.1) is 0 Å². The highest BCUT2D eigenvalue weighted by molar-refractivity contribution is 5.94. The zero-order valence-corrected chi connectivity index (χ0v) is 21.1. The van der Waals surface area contributed by atoms with Gasteiger partial charge in [0.1, 0.15) is 11.5 Å². The maximum absolute atomic E-state index is 13.5. The maximum atomic E-state index is 13.5. The first-order valence-electron chi connectivity index (χ1n) is 12.4. The molecule has 7 heteroatoms. The fourth-order valence-corrected chi connectivity index (χ4v) is 4.69. The molecule has 0 spiro atoms. The maximum Gasteiger partial charge on any atom is 0.338 e. The van der Waals surface area contributed by atoms with E-state index in [1.54, 1.807) is 14.2 Å². The van der Waals surface area contributed by atoms with Crippen molar-refractivity contribution in [1.29, 1.82) is 0 Å². The second-order valence-corrected chi connectivity index (χ2v) is 8.87. The van der Waals surface area contributed by atoms with Crippen LogP contribution in [-0.4, -0.2) is 36.3 Å². The summed E-state index contributed by atoms with van der Waals surface area (Å²) in [5.41, 5.74) is 3.89. The van der Waals surface area contributed by atoms with Crippen LogP contribution in [0.3, 0.4) is 0 Å². The molecule has 4 rings (SSSR count). The van der Waals surface area contributed by atoms with E-state index in [0.29, 0.717) is 29.6 Å². The molecule has 0 amide bonds. The molecule has 0 bridgehead atoms. The van der Waals surface area contributed by atoms with Gasteiger partial charge in [-0.2, -0.15) is 0 Å². The van der Waals surface area contributed by atoms with Crippen molar-refractivity contribution in [2.45, 2.75) is 58.4 Å². The lowest BCUT2D eigenvalue weighted by Gasteiger charge is -2.31. The first-order valence-corrected chi connectivity index (χ1v) is 12.4. The van der Waals surface area contributed by atoms with E-state index in [0.717, 1.165) is 35.1 Å². The summed E-state index contributed by atoms with van der Waals surface area (Å²) in [7, 11) is 3.24. The van der Waals surface area contributed by atoms with Crippen molar-refractivity contribution in [2.75, 3.05) is 26.1 Å². The average molecular weight is 478 g/mol. The molecule has 1 atom stereocenters. The summed E-state index contributed by atoms with van der Waals surface area (Å²) in [6, 6.07) is 13.1. The minimum atomic E-state index is -0.462. The number of methoxy groups -OCH3 is 2. The van der Waals surface area contributed by atoms with Crippen LogP contribution in [0.5, 0.6) is 11.5 Å². The summed E-state index contributed by atoms with van der Waals surface area (Å²) in [5, 5.41) is 3.33. The Morgan fingerprint density at radius 3 is 2.57 bits per heavy atom. The zero-order valence-electron chi connectivity index (χ0n) is 21.1. The van der Waals surface area contributed by atoms with Crippen LogP contribution < -0.4 is 14.8 Å². The number of benzene rings is 2. The summed E-state index contributed by atoms with van der Waals surface area (Å²) < 4.78 is 19.0. The number of hydrogen-bond donors (Lipinski definition) is 1. The molecular formula is C28H35N3O4. The number of carbonyl (C=O) groups is 1. The molecule has 35 heavy (non-hydrogen) atoms. The van der Waals surface area contributed by atoms with Gasteiger partial charge in [-0.3, -0.25) is 4.57 Å². The summed E-state index contributed by atoms with van der Waals surface area (Å²) in [6.07, 6.45) is 6.81. The molecule has 7 nitrogen and oxygen atoms in total. The van der Waals surface area contributed by atoms with Crippen molar-refractivity contribution in [3.05, 3.63) is 59.3 Å². The number of carbonyl (C=O) groups excluding carboxylic acids is 1. The Balaban J connectivity index is 1.69. The highest BCUT2D eigenvalue weighted by atomic mass is 16.5. The number of anilines is 1. The Labute approximate surface area is 207 Å². The summed E-state index contributed by atoms with van der Waals surface area (Å²) in [4.78, 5) is 18.3. The monoisotopic (exact) mass is 477 g/mol. The van der Waals surface area contributed by atoms with Crippen LogP contribution in [0.1, 0.15) is 64.0 Å². The standard InChI is InChI=1S/C28H35N3O4/c1-5-6-7-8-9-12-17-35-27(32)25-19(2)29-28-30-22-13-10-11-14-23(22)31(28)26(25)21-16-15-20(33-3)18-24(21)34-4/h10-11,13-16,18,26H,5-9,12,17H2,1-4H3,(H,29,30). The first kappa shape index (κ1) is 24.6. The van der Waals surface area contributed by atoms with Crippen LogP contribution in [0.4, 0.5) is 5.95 Å². The Hall–Kier alpha value is -3.48. The first-order chi connectivity index (χ1) is 17.1. The molecule has 1 aliphatic rings. The van der Waals surface area contributed by atoms with Crippen molar-refractivity contribution in [3.8, 4) is 11.5 Å². The third kappa shape index (κ3) is 5.14. The van der Waals surface area contributed by atoms with Crippen molar-refractivity contribution in [1.82, 2.24) is 9.55 Å². The summed E-state index contributed by atoms with van der Waals surface area (Å²) in [5.74, 6) is 1.67. The van der Waals surface area contributed by atoms with Crippen molar-refractivity contribution in [3.63, 3.8) is 0 Å². The fraction of sp³-hybridized carbons (Fsp3) is 0.429. The molecule has 0 saturated carbocycles. The molecule has 0 fully saturated rings. The number of nitrogens with zero attached hydrogens (tertiary/aromatic N) is 2. The van der Waals surface area contributed by atoms with E-state index in [2.05, 4.69) is 12.2 Å². The highest BCUT2D eigenvalue weighted by Gasteiger charge is 2.36. The predicted octanol–water partition coefficient (Wildman–Crippen LogP) is 6.25. The van der Waals surface area contributed by atoms with Gasteiger partial charge in [-0.05, 0) is 37.6 Å². The van der Waals surface area contributed by atoms with E-state index < -0.39 is 6.04 Å². The number of unbranched alkanes of at least 4 members (excludes halogenated alkanes) is 5. The lowest BCUT2D eigenvalue weighted by atomic mass is 9.94. The quantitative estimate of drug-likeness (QED) is 0.260. The third-order valence-corrected chi connectivity index (χ3v) is 6.52. The van der Waals surface area contributed by atoms with Gasteiger partial charge < -0.3 is 19.5 Å². The van der Waals surface area contributed by atoms with E-state index in [4.69, 9.17) is 19.2 Å². The normalized spacial score (nSPS) is 15.0. The van der Waals surface area contributed by atoms with Crippen LogP contribution in [0.25, 0.3) is 11.0 Å². The number of para-hydroxylation sites is 2. The van der Waals surface area contributed by atoms with Crippen LogP contribution >= 0.6 is 0 Å². The van der Waals surface area contributed by atoms with Gasteiger partial charge in [0.15, 0.2) is 0 Å². The molecular weight excluding hydrogens is 442 g/mol. The highest BCUT2D eigenvalue weighted by Crippen LogP contribution is 2.43. The predicted molar refractivity (Wildman–Crippen MR) is 138 cm³/mol. The number of esters is 1. The van der Waals surface area contributed by atoms with Gasteiger partial charge in [0.05, 0.1) is 43.5 Å². The van der Waals surface area contributed by atoms with E-state index in [1.165, 1.54) is 25.7 Å². The lowest BCUT2D eigenvalue weighted by molar-refractivity contribution is -0.139. The van der Waals surface area contributed by atoms with Crippen molar-refractivity contribution >= 4 is 23.0 Å². The molecule has 1 aliphatic heterocycles. The number of aromatic nitrogens is 2. The number of ether oxygens (including phenoxy) is 3. The van der Waals surface area contributed by atoms with Gasteiger partial charge in [0.25, 0.3) is 0 Å². The Bertz CT molecular complexity index is 1210. The topological polar surface area (TPSA) is 74.6 Å². The van der Waals surface area contributed by atoms with E-state index in [-0.39, 0.29) is 5.97 Å². The molecule has 1 N–H and O–H groups in total.